The first-order valence-corrected chi connectivity index (χ1v) is 7.18. The van der Waals surface area contributed by atoms with E-state index < -0.39 is 6.10 Å². The van der Waals surface area contributed by atoms with Crippen molar-refractivity contribution in [2.24, 2.45) is 11.8 Å². The summed E-state index contributed by atoms with van der Waals surface area (Å²) in [6.45, 7) is -0.0226. The molecule has 0 amide bonds. The lowest BCUT2D eigenvalue weighted by Crippen LogP contribution is -2.23. The molecule has 0 saturated heterocycles. The van der Waals surface area contributed by atoms with Crippen LogP contribution in [0.25, 0.3) is 0 Å². The molecule has 4 atom stereocenters. The average molecular weight is 291 g/mol. The highest BCUT2D eigenvalue weighted by atomic mass is 35.5. The Labute approximate surface area is 119 Å². The zero-order valence-electron chi connectivity index (χ0n) is 11.3. The molecule has 2 N–H and O–H groups in total. The first-order chi connectivity index (χ1) is 9.10. The van der Waals surface area contributed by atoms with Crippen molar-refractivity contribution in [1.29, 1.82) is 0 Å². The van der Waals surface area contributed by atoms with Crippen molar-refractivity contribution in [1.82, 2.24) is 0 Å². The molecule has 19 heavy (non-hydrogen) atoms. The van der Waals surface area contributed by atoms with Crippen molar-refractivity contribution in [3.8, 4) is 0 Å². The number of rotatable bonds is 7. The van der Waals surface area contributed by atoms with Crippen molar-refractivity contribution in [2.45, 2.75) is 43.6 Å². The Morgan fingerprint density at radius 3 is 2.79 bits per heavy atom. The minimum Gasteiger partial charge on any atom is -0.469 e. The van der Waals surface area contributed by atoms with E-state index in [2.05, 4.69) is 4.74 Å². The molecule has 0 aromatic rings. The Bertz CT molecular complexity index is 306. The fraction of sp³-hybridized carbons (Fsp3) is 0.786. The number of hydrogen-bond donors (Lipinski definition) is 2. The van der Waals surface area contributed by atoms with Gasteiger partial charge in [0.1, 0.15) is 0 Å². The Kier molecular flexibility index (Phi) is 7.42. The van der Waals surface area contributed by atoms with E-state index in [4.69, 9.17) is 11.6 Å². The van der Waals surface area contributed by atoms with E-state index in [-0.39, 0.29) is 29.8 Å². The Balaban J connectivity index is 2.25. The number of ether oxygens (including phenoxy) is 1. The number of aliphatic hydroxyl groups excluding tert-OH is 2. The molecule has 0 spiro atoms. The number of carbonyl (C=O) groups is 1. The number of allylic oxidation sites excluding steroid dienone is 2. The molecule has 0 bridgehead atoms. The molecule has 1 saturated carbocycles. The molecule has 110 valence electrons. The normalized spacial score (nSPS) is 30.9. The van der Waals surface area contributed by atoms with Gasteiger partial charge in [0.05, 0.1) is 13.2 Å². The lowest BCUT2D eigenvalue weighted by Gasteiger charge is -2.19. The van der Waals surface area contributed by atoms with Crippen LogP contribution in [-0.4, -0.2) is 41.4 Å². The molecule has 5 heteroatoms. The van der Waals surface area contributed by atoms with Gasteiger partial charge < -0.3 is 14.9 Å². The summed E-state index contributed by atoms with van der Waals surface area (Å²) in [4.78, 5) is 10.9. The van der Waals surface area contributed by atoms with Gasteiger partial charge in [-0.2, -0.15) is 0 Å². The summed E-state index contributed by atoms with van der Waals surface area (Å²) in [6.07, 6.45) is 6.88. The van der Waals surface area contributed by atoms with E-state index in [0.717, 1.165) is 19.3 Å². The summed E-state index contributed by atoms with van der Waals surface area (Å²) in [5.74, 6) is -0.186. The third-order valence-corrected chi connectivity index (χ3v) is 4.24. The fourth-order valence-electron chi connectivity index (χ4n) is 2.55. The van der Waals surface area contributed by atoms with Crippen LogP contribution in [-0.2, 0) is 9.53 Å². The van der Waals surface area contributed by atoms with Crippen LogP contribution >= 0.6 is 11.6 Å². The van der Waals surface area contributed by atoms with Crippen molar-refractivity contribution >= 4 is 17.6 Å². The zero-order chi connectivity index (χ0) is 14.3. The summed E-state index contributed by atoms with van der Waals surface area (Å²) in [5, 5.41) is 18.9. The van der Waals surface area contributed by atoms with Crippen LogP contribution in [0.1, 0.15) is 32.1 Å². The minimum atomic E-state index is -0.495. The smallest absolute Gasteiger partial charge is 0.305 e. The SMILES string of the molecule is COC(=O)CCC/C=C\C[C@@H]1[C@@H](CO)[C@H](O)C[C@H]1Cl. The first-order valence-electron chi connectivity index (χ1n) is 6.75. The summed E-state index contributed by atoms with van der Waals surface area (Å²) < 4.78 is 4.56. The quantitative estimate of drug-likeness (QED) is 0.325. The highest BCUT2D eigenvalue weighted by Crippen LogP contribution is 2.38. The maximum Gasteiger partial charge on any atom is 0.305 e. The number of aliphatic hydroxyl groups is 2. The molecule has 1 rings (SSSR count). The number of halogens is 1. The third kappa shape index (κ3) is 5.13. The second-order valence-electron chi connectivity index (χ2n) is 5.00. The van der Waals surface area contributed by atoms with E-state index in [1.165, 1.54) is 7.11 Å². The lowest BCUT2D eigenvalue weighted by molar-refractivity contribution is -0.140. The van der Waals surface area contributed by atoms with Gasteiger partial charge in [-0.3, -0.25) is 4.79 Å². The first kappa shape index (κ1) is 16.5. The van der Waals surface area contributed by atoms with Gasteiger partial charge in [-0.15, -0.1) is 11.6 Å². The van der Waals surface area contributed by atoms with E-state index in [9.17, 15) is 15.0 Å². The van der Waals surface area contributed by atoms with Crippen molar-refractivity contribution in [3.63, 3.8) is 0 Å². The predicted octanol–water partition coefficient (Wildman–Crippen LogP) is 1.87. The average Bonchev–Trinajstić information content (AvgIpc) is 2.67. The molecule has 0 aromatic heterocycles. The molecule has 1 fully saturated rings. The molecular weight excluding hydrogens is 268 g/mol. The maximum atomic E-state index is 10.9. The monoisotopic (exact) mass is 290 g/mol. The molecule has 0 radical (unpaired) electrons. The van der Waals surface area contributed by atoms with Gasteiger partial charge in [-0.1, -0.05) is 12.2 Å². The van der Waals surface area contributed by atoms with E-state index >= 15 is 0 Å². The summed E-state index contributed by atoms with van der Waals surface area (Å²) >= 11 is 6.18. The number of esters is 1. The largest absolute Gasteiger partial charge is 0.469 e. The predicted molar refractivity (Wildman–Crippen MR) is 74.0 cm³/mol. The van der Waals surface area contributed by atoms with Crippen molar-refractivity contribution in [2.75, 3.05) is 13.7 Å². The third-order valence-electron chi connectivity index (χ3n) is 3.74. The maximum absolute atomic E-state index is 10.9. The van der Waals surface area contributed by atoms with E-state index in [1.54, 1.807) is 0 Å². The van der Waals surface area contributed by atoms with Gasteiger partial charge in [0, 0.05) is 24.3 Å². The van der Waals surface area contributed by atoms with Crippen LogP contribution in [0.2, 0.25) is 0 Å². The van der Waals surface area contributed by atoms with Crippen LogP contribution in [0.15, 0.2) is 12.2 Å². The zero-order valence-corrected chi connectivity index (χ0v) is 12.1. The fourth-order valence-corrected chi connectivity index (χ4v) is 3.02. The van der Waals surface area contributed by atoms with Crippen LogP contribution < -0.4 is 0 Å². The molecule has 4 nitrogen and oxygen atoms in total. The van der Waals surface area contributed by atoms with E-state index in [0.29, 0.717) is 12.8 Å². The summed E-state index contributed by atoms with van der Waals surface area (Å²) in [6, 6.07) is 0. The summed E-state index contributed by atoms with van der Waals surface area (Å²) in [5.41, 5.74) is 0. The van der Waals surface area contributed by atoms with Crippen molar-refractivity contribution < 1.29 is 19.7 Å². The Morgan fingerprint density at radius 2 is 2.16 bits per heavy atom. The van der Waals surface area contributed by atoms with Crippen LogP contribution in [0, 0.1) is 11.8 Å². The van der Waals surface area contributed by atoms with Gasteiger partial charge in [-0.05, 0) is 31.6 Å². The standard InChI is InChI=1S/C14H23ClO4/c1-19-14(18)7-5-3-2-4-6-10-11(9-16)13(17)8-12(10)15/h2,4,10-13,16-17H,3,5-9H2,1H3/b4-2-/t10-,11-,12-,13-/m1/s1. The second-order valence-corrected chi connectivity index (χ2v) is 5.57. The molecule has 1 aliphatic carbocycles. The molecule has 0 aromatic carbocycles. The summed E-state index contributed by atoms with van der Waals surface area (Å²) in [7, 11) is 1.39. The number of hydrogen-bond acceptors (Lipinski definition) is 4. The Hall–Kier alpha value is -0.580. The molecule has 0 unspecified atom stereocenters. The van der Waals surface area contributed by atoms with Gasteiger partial charge in [0.2, 0.25) is 0 Å². The molecular formula is C14H23ClO4. The number of unbranched alkanes of at least 4 members (excludes halogenated alkanes) is 1. The van der Waals surface area contributed by atoms with Gasteiger partial charge >= 0.3 is 5.97 Å². The molecule has 0 aliphatic heterocycles. The highest BCUT2D eigenvalue weighted by molar-refractivity contribution is 6.21. The second kappa shape index (κ2) is 8.56. The highest BCUT2D eigenvalue weighted by Gasteiger charge is 2.40. The van der Waals surface area contributed by atoms with Gasteiger partial charge in [0.25, 0.3) is 0 Å². The van der Waals surface area contributed by atoms with E-state index in [1.807, 2.05) is 12.2 Å². The minimum absolute atomic E-state index is 0.0226. The molecule has 0 heterocycles. The number of carbonyl (C=O) groups excluding carboxylic acids is 1. The number of methoxy groups -OCH3 is 1. The van der Waals surface area contributed by atoms with Crippen LogP contribution in [0.4, 0.5) is 0 Å². The van der Waals surface area contributed by atoms with Crippen molar-refractivity contribution in [3.05, 3.63) is 12.2 Å². The topological polar surface area (TPSA) is 66.8 Å². The van der Waals surface area contributed by atoms with Gasteiger partial charge in [-0.25, -0.2) is 0 Å². The Morgan fingerprint density at radius 1 is 1.42 bits per heavy atom. The van der Waals surface area contributed by atoms with Crippen LogP contribution in [0.3, 0.4) is 0 Å². The molecule has 1 aliphatic rings. The van der Waals surface area contributed by atoms with Gasteiger partial charge in [0.15, 0.2) is 0 Å². The van der Waals surface area contributed by atoms with Crippen LogP contribution in [0.5, 0.6) is 0 Å². The lowest BCUT2D eigenvalue weighted by atomic mass is 9.92. The number of alkyl halides is 1.